The quantitative estimate of drug-likeness (QED) is 0.418. The first-order chi connectivity index (χ1) is 12.4. The summed E-state index contributed by atoms with van der Waals surface area (Å²) < 4.78 is 0. The Labute approximate surface area is 155 Å². The van der Waals surface area contributed by atoms with E-state index in [1.165, 1.54) is 17.7 Å². The first-order valence-electron chi connectivity index (χ1n) is 8.00. The summed E-state index contributed by atoms with van der Waals surface area (Å²) in [6.07, 6.45) is 2.03. The molecule has 0 heterocycles. The van der Waals surface area contributed by atoms with Crippen LogP contribution in [0.25, 0.3) is 0 Å². The number of nitro groups is 1. The van der Waals surface area contributed by atoms with Gasteiger partial charge in [-0.25, -0.2) is 0 Å². The molecule has 0 aromatic heterocycles. The van der Waals surface area contributed by atoms with Crippen LogP contribution in [0.5, 0.6) is 0 Å². The normalized spacial score (nSPS) is 10.3. The molecule has 0 atom stereocenters. The third-order valence-electron chi connectivity index (χ3n) is 3.58. The highest BCUT2D eigenvalue weighted by molar-refractivity contribution is 8.00. The van der Waals surface area contributed by atoms with Crippen LogP contribution in [0.4, 0.5) is 11.4 Å². The average molecular weight is 373 g/mol. The van der Waals surface area contributed by atoms with Crippen molar-refractivity contribution in [3.05, 3.63) is 63.7 Å². The van der Waals surface area contributed by atoms with Crippen LogP contribution in [0.15, 0.2) is 47.4 Å². The van der Waals surface area contributed by atoms with E-state index in [0.29, 0.717) is 10.6 Å². The van der Waals surface area contributed by atoms with Gasteiger partial charge in [-0.15, -0.1) is 11.8 Å². The van der Waals surface area contributed by atoms with Crippen molar-refractivity contribution in [2.45, 2.75) is 24.7 Å². The van der Waals surface area contributed by atoms with Crippen molar-refractivity contribution in [3.8, 4) is 0 Å². The van der Waals surface area contributed by atoms with Crippen molar-refractivity contribution >= 4 is 35.0 Å². The lowest BCUT2D eigenvalue weighted by molar-refractivity contribution is -0.387. The van der Waals surface area contributed by atoms with Gasteiger partial charge in [0.25, 0.3) is 5.69 Å². The molecule has 0 saturated carbocycles. The second kappa shape index (κ2) is 9.00. The SMILES string of the molecule is CCCc1ccc(NC(=O)CSc2ccc(C(N)=O)cc2[N+](=O)[O-])cc1. The highest BCUT2D eigenvalue weighted by Crippen LogP contribution is 2.30. The van der Waals surface area contributed by atoms with Crippen molar-refractivity contribution < 1.29 is 14.5 Å². The van der Waals surface area contributed by atoms with Crippen molar-refractivity contribution in [2.75, 3.05) is 11.1 Å². The van der Waals surface area contributed by atoms with Gasteiger partial charge in [0.15, 0.2) is 0 Å². The van der Waals surface area contributed by atoms with E-state index in [1.807, 2.05) is 24.3 Å². The molecule has 7 nitrogen and oxygen atoms in total. The Bertz CT molecular complexity index is 822. The van der Waals surface area contributed by atoms with Crippen LogP contribution in [-0.2, 0) is 11.2 Å². The predicted octanol–water partition coefficient (Wildman–Crippen LogP) is 3.38. The zero-order valence-electron chi connectivity index (χ0n) is 14.2. The maximum absolute atomic E-state index is 12.1. The van der Waals surface area contributed by atoms with E-state index in [9.17, 15) is 19.7 Å². The molecule has 136 valence electrons. The Morgan fingerprint density at radius 1 is 1.19 bits per heavy atom. The molecule has 2 aromatic carbocycles. The van der Waals surface area contributed by atoms with E-state index in [-0.39, 0.29) is 22.9 Å². The van der Waals surface area contributed by atoms with Crippen molar-refractivity contribution in [1.29, 1.82) is 0 Å². The molecule has 8 heteroatoms. The lowest BCUT2D eigenvalue weighted by atomic mass is 10.1. The monoisotopic (exact) mass is 373 g/mol. The van der Waals surface area contributed by atoms with Gasteiger partial charge in [-0.2, -0.15) is 0 Å². The zero-order chi connectivity index (χ0) is 19.1. The van der Waals surface area contributed by atoms with Crippen LogP contribution < -0.4 is 11.1 Å². The Kier molecular flexibility index (Phi) is 6.74. The first-order valence-corrected chi connectivity index (χ1v) is 8.99. The topological polar surface area (TPSA) is 115 Å². The number of nitrogens with two attached hydrogens (primary N) is 1. The minimum absolute atomic E-state index is 0.00741. The number of nitrogens with one attached hydrogen (secondary N) is 1. The number of carbonyl (C=O) groups excluding carboxylic acids is 2. The van der Waals surface area contributed by atoms with Crippen molar-refractivity contribution in [3.63, 3.8) is 0 Å². The van der Waals surface area contributed by atoms with Crippen LogP contribution in [-0.4, -0.2) is 22.5 Å². The van der Waals surface area contributed by atoms with E-state index in [4.69, 9.17) is 5.73 Å². The van der Waals surface area contributed by atoms with E-state index in [0.717, 1.165) is 30.7 Å². The highest BCUT2D eigenvalue weighted by atomic mass is 32.2. The van der Waals surface area contributed by atoms with Gasteiger partial charge >= 0.3 is 0 Å². The van der Waals surface area contributed by atoms with E-state index >= 15 is 0 Å². The summed E-state index contributed by atoms with van der Waals surface area (Å²) in [7, 11) is 0. The number of nitrogens with zero attached hydrogens (tertiary/aromatic N) is 1. The van der Waals surface area contributed by atoms with Gasteiger partial charge in [-0.05, 0) is 36.2 Å². The minimum Gasteiger partial charge on any atom is -0.366 e. The number of nitro benzene ring substituents is 1. The fraction of sp³-hybridized carbons (Fsp3) is 0.222. The van der Waals surface area contributed by atoms with Crippen LogP contribution in [0.1, 0.15) is 29.3 Å². The minimum atomic E-state index is -0.742. The highest BCUT2D eigenvalue weighted by Gasteiger charge is 2.18. The number of amides is 2. The molecule has 0 fully saturated rings. The Balaban J connectivity index is 2.00. The molecule has 3 N–H and O–H groups in total. The number of carbonyl (C=O) groups is 2. The molecule has 0 saturated heterocycles. The molecule has 0 unspecified atom stereocenters. The molecule has 0 aliphatic rings. The van der Waals surface area contributed by atoms with Gasteiger partial charge in [0.2, 0.25) is 11.8 Å². The Morgan fingerprint density at radius 2 is 1.88 bits per heavy atom. The van der Waals surface area contributed by atoms with Crippen LogP contribution in [0.2, 0.25) is 0 Å². The van der Waals surface area contributed by atoms with Gasteiger partial charge in [-0.3, -0.25) is 19.7 Å². The number of thioether (sulfide) groups is 1. The average Bonchev–Trinajstić information content (AvgIpc) is 2.61. The third-order valence-corrected chi connectivity index (χ3v) is 4.64. The lowest BCUT2D eigenvalue weighted by Gasteiger charge is -2.07. The maximum atomic E-state index is 12.1. The second-order valence-corrected chi connectivity index (χ2v) is 6.60. The summed E-state index contributed by atoms with van der Waals surface area (Å²) in [6.45, 7) is 2.10. The molecule has 2 amide bonds. The number of benzene rings is 2. The lowest BCUT2D eigenvalue weighted by Crippen LogP contribution is -2.14. The number of hydrogen-bond donors (Lipinski definition) is 2. The number of rotatable bonds is 8. The van der Waals surface area contributed by atoms with E-state index < -0.39 is 10.8 Å². The fourth-order valence-electron chi connectivity index (χ4n) is 2.32. The van der Waals surface area contributed by atoms with Gasteiger partial charge in [-0.1, -0.05) is 25.5 Å². The number of anilines is 1. The fourth-order valence-corrected chi connectivity index (χ4v) is 3.12. The Morgan fingerprint density at radius 3 is 2.46 bits per heavy atom. The summed E-state index contributed by atoms with van der Waals surface area (Å²) >= 11 is 1.03. The van der Waals surface area contributed by atoms with Crippen LogP contribution in [0, 0.1) is 10.1 Å². The van der Waals surface area contributed by atoms with Crippen LogP contribution in [0.3, 0.4) is 0 Å². The summed E-state index contributed by atoms with van der Waals surface area (Å²) in [4.78, 5) is 34.1. The van der Waals surface area contributed by atoms with Gasteiger partial charge in [0.05, 0.1) is 15.6 Å². The zero-order valence-corrected chi connectivity index (χ0v) is 15.0. The Hall–Kier alpha value is -2.87. The van der Waals surface area contributed by atoms with Crippen molar-refractivity contribution in [1.82, 2.24) is 0 Å². The molecular formula is C18H19N3O4S. The summed E-state index contributed by atoms with van der Waals surface area (Å²) in [5, 5.41) is 13.9. The molecule has 0 aliphatic heterocycles. The molecule has 0 bridgehead atoms. The third kappa shape index (κ3) is 5.32. The summed E-state index contributed by atoms with van der Waals surface area (Å²) in [5.74, 6) is -1.01. The molecule has 2 aromatic rings. The van der Waals surface area contributed by atoms with E-state index in [2.05, 4.69) is 12.2 Å². The largest absolute Gasteiger partial charge is 0.366 e. The standard InChI is InChI=1S/C18H19N3O4S/c1-2-3-12-4-7-14(8-5-12)20-17(22)11-26-16-9-6-13(18(19)23)10-15(16)21(24)25/h4-10H,2-3,11H2,1H3,(H2,19,23)(H,20,22). The molecule has 0 aliphatic carbocycles. The molecule has 2 rings (SSSR count). The number of aryl methyl sites for hydroxylation is 1. The summed E-state index contributed by atoms with van der Waals surface area (Å²) in [6, 6.07) is 11.5. The molecule has 0 radical (unpaired) electrons. The van der Waals surface area contributed by atoms with Gasteiger partial charge in [0.1, 0.15) is 0 Å². The van der Waals surface area contributed by atoms with Crippen molar-refractivity contribution in [2.24, 2.45) is 5.73 Å². The van der Waals surface area contributed by atoms with Gasteiger partial charge < -0.3 is 11.1 Å². The first kappa shape index (κ1) is 19.5. The molecular weight excluding hydrogens is 354 g/mol. The van der Waals surface area contributed by atoms with Crippen LogP contribution >= 0.6 is 11.8 Å². The smallest absolute Gasteiger partial charge is 0.283 e. The second-order valence-electron chi connectivity index (χ2n) is 5.59. The summed E-state index contributed by atoms with van der Waals surface area (Å²) in [5.41, 5.74) is 6.82. The van der Waals surface area contributed by atoms with Gasteiger partial charge in [0, 0.05) is 17.3 Å². The molecule has 26 heavy (non-hydrogen) atoms. The molecule has 0 spiro atoms. The van der Waals surface area contributed by atoms with E-state index in [1.54, 1.807) is 0 Å². The predicted molar refractivity (Wildman–Crippen MR) is 101 cm³/mol. The number of primary amides is 1. The number of hydrogen-bond acceptors (Lipinski definition) is 5. The maximum Gasteiger partial charge on any atom is 0.283 e.